The zero-order valence-electron chi connectivity index (χ0n) is 33.1. The minimum atomic E-state index is -0.662. The fourth-order valence-electron chi connectivity index (χ4n) is 5.75. The summed E-state index contributed by atoms with van der Waals surface area (Å²) < 4.78 is 33.5. The first-order chi connectivity index (χ1) is 28.3. The molecule has 0 saturated carbocycles. The minimum absolute atomic E-state index is 0.152. The molecule has 0 heterocycles. The van der Waals surface area contributed by atoms with E-state index in [1.54, 1.807) is 66.7 Å². The van der Waals surface area contributed by atoms with Crippen LogP contribution in [0.15, 0.2) is 121 Å². The summed E-state index contributed by atoms with van der Waals surface area (Å²) in [6.07, 6.45) is 11.5. The molecule has 0 aliphatic carbocycles. The van der Waals surface area contributed by atoms with E-state index < -0.39 is 23.9 Å². The Balaban J connectivity index is 1.05. The number of ether oxygens (including phenoxy) is 6. The van der Waals surface area contributed by atoms with E-state index in [1.807, 2.05) is 0 Å². The molecule has 0 unspecified atom stereocenters. The van der Waals surface area contributed by atoms with Crippen molar-refractivity contribution in [1.82, 2.24) is 0 Å². The summed E-state index contributed by atoms with van der Waals surface area (Å²) in [5.74, 6) is -0.207. The van der Waals surface area contributed by atoms with Gasteiger partial charge in [-0.3, -0.25) is 0 Å². The lowest BCUT2D eigenvalue weighted by Crippen LogP contribution is -2.11. The summed E-state index contributed by atoms with van der Waals surface area (Å²) in [5, 5.41) is 0. The van der Waals surface area contributed by atoms with Crippen molar-refractivity contribution in [2.24, 2.45) is 0 Å². The summed E-state index contributed by atoms with van der Waals surface area (Å²) in [5.41, 5.74) is 1.16. The lowest BCUT2D eigenvalue weighted by Gasteiger charge is -2.09. The first kappa shape index (κ1) is 42.7. The van der Waals surface area contributed by atoms with Crippen LogP contribution in [0.4, 0.5) is 0 Å². The van der Waals surface area contributed by atoms with Crippen LogP contribution in [0, 0.1) is 0 Å². The molecule has 5 aromatic carbocycles. The number of hydrogen-bond acceptors (Lipinski definition) is 10. The minimum Gasteiger partial charge on any atom is -0.494 e. The molecular weight excluding hydrogens is 737 g/mol. The predicted molar refractivity (Wildman–Crippen MR) is 221 cm³/mol. The maximum absolute atomic E-state index is 12.9. The second-order valence-corrected chi connectivity index (χ2v) is 13.7. The molecule has 10 nitrogen and oxygen atoms in total. The van der Waals surface area contributed by atoms with Gasteiger partial charge >= 0.3 is 23.9 Å². The van der Waals surface area contributed by atoms with Crippen LogP contribution < -0.4 is 28.4 Å². The molecule has 0 atom stereocenters. The number of carbonyl (C=O) groups excluding carboxylic acids is 4. The van der Waals surface area contributed by atoms with Crippen LogP contribution in [0.2, 0.25) is 0 Å². The molecule has 5 rings (SSSR count). The van der Waals surface area contributed by atoms with Crippen molar-refractivity contribution in [2.75, 3.05) is 13.2 Å². The Bertz CT molecular complexity index is 1910. The normalized spacial score (nSPS) is 10.7. The van der Waals surface area contributed by atoms with Crippen molar-refractivity contribution < 1.29 is 47.6 Å². The Labute approximate surface area is 340 Å². The molecule has 58 heavy (non-hydrogen) atoms. The second-order valence-electron chi connectivity index (χ2n) is 13.7. The van der Waals surface area contributed by atoms with E-state index >= 15 is 0 Å². The monoisotopic (exact) mass is 786 g/mol. The fraction of sp³-hybridized carbons (Fsp3) is 0.292. The van der Waals surface area contributed by atoms with Gasteiger partial charge in [0.1, 0.15) is 34.5 Å². The molecule has 10 heteroatoms. The van der Waals surface area contributed by atoms with Crippen molar-refractivity contribution >= 4 is 23.9 Å². The molecule has 0 aromatic heterocycles. The molecule has 0 aliphatic rings. The number of unbranched alkanes of at least 4 members (excludes halogenated alkanes) is 8. The maximum Gasteiger partial charge on any atom is 0.343 e. The first-order valence-corrected chi connectivity index (χ1v) is 20.0. The third kappa shape index (κ3) is 14.0. The third-order valence-electron chi connectivity index (χ3n) is 9.04. The number of carbonyl (C=O) groups is 4. The molecule has 0 bridgehead atoms. The van der Waals surface area contributed by atoms with Gasteiger partial charge in [0, 0.05) is 6.07 Å². The zero-order valence-corrected chi connectivity index (χ0v) is 33.1. The van der Waals surface area contributed by atoms with E-state index in [0.717, 1.165) is 25.7 Å². The van der Waals surface area contributed by atoms with E-state index in [4.69, 9.17) is 28.4 Å². The van der Waals surface area contributed by atoms with Crippen LogP contribution in [0.25, 0.3) is 0 Å². The SMILES string of the molecule is CCCCCCCOc1ccc(C(=O)Oc2ccc(C(=O)Oc3cccc(OC(=O)c4ccc(OC(=O)c5ccc(OCCCCCCC)cc5)cc4)c3)cc2)cc1. The first-order valence-electron chi connectivity index (χ1n) is 20.0. The zero-order chi connectivity index (χ0) is 41.0. The van der Waals surface area contributed by atoms with Gasteiger partial charge < -0.3 is 28.4 Å². The van der Waals surface area contributed by atoms with Gasteiger partial charge in [0.05, 0.1) is 35.5 Å². The summed E-state index contributed by atoms with van der Waals surface area (Å²) in [7, 11) is 0. The van der Waals surface area contributed by atoms with E-state index in [0.29, 0.717) is 35.8 Å². The van der Waals surface area contributed by atoms with E-state index in [2.05, 4.69) is 13.8 Å². The average molecular weight is 787 g/mol. The van der Waals surface area contributed by atoms with E-state index in [9.17, 15) is 19.2 Å². The highest BCUT2D eigenvalue weighted by Gasteiger charge is 2.15. The van der Waals surface area contributed by atoms with Gasteiger partial charge in [-0.2, -0.15) is 0 Å². The van der Waals surface area contributed by atoms with Gasteiger partial charge in [0.25, 0.3) is 0 Å². The molecule has 302 valence electrons. The third-order valence-corrected chi connectivity index (χ3v) is 9.04. The molecule has 5 aromatic rings. The predicted octanol–water partition coefficient (Wildman–Crippen LogP) is 11.3. The highest BCUT2D eigenvalue weighted by atomic mass is 16.6. The molecule has 0 fully saturated rings. The van der Waals surface area contributed by atoms with Crippen molar-refractivity contribution in [2.45, 2.75) is 78.1 Å². The molecule has 0 spiro atoms. The highest BCUT2D eigenvalue weighted by molar-refractivity contribution is 5.94. The average Bonchev–Trinajstić information content (AvgIpc) is 3.24. The van der Waals surface area contributed by atoms with Crippen LogP contribution >= 0.6 is 0 Å². The van der Waals surface area contributed by atoms with Crippen LogP contribution in [0.3, 0.4) is 0 Å². The summed E-state index contributed by atoms with van der Waals surface area (Å²) in [6, 6.07) is 31.6. The highest BCUT2D eigenvalue weighted by Crippen LogP contribution is 2.24. The topological polar surface area (TPSA) is 124 Å². The Morgan fingerprint density at radius 2 is 0.638 bits per heavy atom. The summed E-state index contributed by atoms with van der Waals surface area (Å²) in [4.78, 5) is 51.2. The molecule has 0 N–H and O–H groups in total. The summed E-state index contributed by atoms with van der Waals surface area (Å²) in [6.45, 7) is 5.63. The Hall–Kier alpha value is -6.42. The standard InChI is InChI=1S/C48H50O10/c1-3-5-7-9-11-32-53-39-24-16-35(17-25-39)45(49)55-41-28-20-37(21-29-41)47(51)57-43-14-13-15-44(34-43)58-48(52)38-22-30-42(31-23-38)56-46(50)36-18-26-40(27-19-36)54-33-12-10-8-6-4-2/h13-31,34H,3-12,32-33H2,1-2H3. The van der Waals surface area contributed by atoms with Crippen LogP contribution in [-0.2, 0) is 0 Å². The Kier molecular flexibility index (Phi) is 16.9. The lowest BCUT2D eigenvalue weighted by atomic mass is 10.2. The number of rotatable bonds is 22. The van der Waals surface area contributed by atoms with Crippen LogP contribution in [-0.4, -0.2) is 37.1 Å². The quantitative estimate of drug-likeness (QED) is 0.0380. The number of benzene rings is 5. The number of esters is 4. The van der Waals surface area contributed by atoms with Crippen LogP contribution in [0.1, 0.15) is 119 Å². The Morgan fingerprint density at radius 1 is 0.345 bits per heavy atom. The van der Waals surface area contributed by atoms with Crippen molar-refractivity contribution in [3.63, 3.8) is 0 Å². The van der Waals surface area contributed by atoms with Crippen molar-refractivity contribution in [1.29, 1.82) is 0 Å². The van der Waals surface area contributed by atoms with Gasteiger partial charge in [-0.25, -0.2) is 19.2 Å². The number of hydrogen-bond donors (Lipinski definition) is 0. The largest absolute Gasteiger partial charge is 0.494 e. The second kappa shape index (κ2) is 23.0. The van der Waals surface area contributed by atoms with Gasteiger partial charge in [0.2, 0.25) is 0 Å². The van der Waals surface area contributed by atoms with Crippen molar-refractivity contribution in [3.8, 4) is 34.5 Å². The summed E-state index contributed by atoms with van der Waals surface area (Å²) >= 11 is 0. The fourth-order valence-corrected chi connectivity index (χ4v) is 5.75. The van der Waals surface area contributed by atoms with E-state index in [-0.39, 0.29) is 34.1 Å². The molecule has 0 saturated heterocycles. The Morgan fingerprint density at radius 3 is 0.966 bits per heavy atom. The molecule has 0 radical (unpaired) electrons. The lowest BCUT2D eigenvalue weighted by molar-refractivity contribution is 0.0723. The van der Waals surface area contributed by atoms with Gasteiger partial charge in [-0.05, 0) is 122 Å². The van der Waals surface area contributed by atoms with E-state index in [1.165, 1.54) is 93.1 Å². The smallest absolute Gasteiger partial charge is 0.343 e. The molecule has 0 aliphatic heterocycles. The molecular formula is C48H50O10. The maximum atomic E-state index is 12.9. The van der Waals surface area contributed by atoms with Gasteiger partial charge in [0.15, 0.2) is 0 Å². The van der Waals surface area contributed by atoms with Crippen LogP contribution in [0.5, 0.6) is 34.5 Å². The van der Waals surface area contributed by atoms with Gasteiger partial charge in [-0.1, -0.05) is 71.3 Å². The van der Waals surface area contributed by atoms with Gasteiger partial charge in [-0.15, -0.1) is 0 Å². The molecule has 0 amide bonds. The van der Waals surface area contributed by atoms with Crippen molar-refractivity contribution in [3.05, 3.63) is 144 Å².